The molecule has 2 nitrogen and oxygen atoms in total. The van der Waals surface area contributed by atoms with E-state index < -0.39 is 0 Å². The third-order valence-electron chi connectivity index (χ3n) is 2.92. The molecule has 2 aromatic heterocycles. The topological polar surface area (TPSA) is 26.0 Å². The highest BCUT2D eigenvalue weighted by Gasteiger charge is 2.13. The highest BCUT2D eigenvalue weighted by atomic mass is 35.5. The molecular formula is C13H5Cl2NOS. The van der Waals surface area contributed by atoms with Crippen LogP contribution in [0.4, 0.5) is 0 Å². The summed E-state index contributed by atoms with van der Waals surface area (Å²) in [6.45, 7) is 0. The zero-order chi connectivity index (χ0) is 12.3. The molecule has 0 saturated heterocycles. The summed E-state index contributed by atoms with van der Waals surface area (Å²) in [5.41, 5.74) is 1.50. The van der Waals surface area contributed by atoms with Crippen LogP contribution in [0.3, 0.4) is 0 Å². The van der Waals surface area contributed by atoms with Gasteiger partial charge in [0.1, 0.15) is 5.52 Å². The van der Waals surface area contributed by atoms with Crippen molar-refractivity contribution in [3.05, 3.63) is 40.7 Å². The van der Waals surface area contributed by atoms with Crippen LogP contribution >= 0.6 is 34.5 Å². The molecule has 0 radical (unpaired) electrons. The highest BCUT2D eigenvalue weighted by molar-refractivity contribution is 7.26. The van der Waals surface area contributed by atoms with Gasteiger partial charge in [-0.3, -0.25) is 0 Å². The van der Waals surface area contributed by atoms with Crippen LogP contribution < -0.4 is 0 Å². The Morgan fingerprint density at radius 1 is 1.06 bits per heavy atom. The van der Waals surface area contributed by atoms with E-state index in [9.17, 15) is 0 Å². The predicted molar refractivity (Wildman–Crippen MR) is 76.9 cm³/mol. The number of benzene rings is 2. The molecule has 0 amide bonds. The minimum atomic E-state index is 0.166. The van der Waals surface area contributed by atoms with Crippen LogP contribution in [0.5, 0.6) is 0 Å². The Balaban J connectivity index is 2.34. The van der Waals surface area contributed by atoms with Gasteiger partial charge in [0, 0.05) is 25.2 Å². The molecule has 2 heterocycles. The van der Waals surface area contributed by atoms with E-state index in [1.165, 1.54) is 4.70 Å². The van der Waals surface area contributed by atoms with Crippen molar-refractivity contribution in [2.75, 3.05) is 0 Å². The van der Waals surface area contributed by atoms with Crippen LogP contribution in [0.1, 0.15) is 0 Å². The fourth-order valence-electron chi connectivity index (χ4n) is 2.19. The zero-order valence-electron chi connectivity index (χ0n) is 8.91. The van der Waals surface area contributed by atoms with Crippen molar-refractivity contribution in [3.8, 4) is 0 Å². The Morgan fingerprint density at radius 2 is 1.89 bits per heavy atom. The maximum atomic E-state index is 6.06. The maximum absolute atomic E-state index is 6.06. The number of thiophene rings is 1. The van der Waals surface area contributed by atoms with Crippen LogP contribution in [0.2, 0.25) is 10.4 Å². The second-order valence-electron chi connectivity index (χ2n) is 4.00. The van der Waals surface area contributed by atoms with Gasteiger partial charge in [0.2, 0.25) is 0 Å². The van der Waals surface area contributed by atoms with Gasteiger partial charge in [-0.05, 0) is 41.9 Å². The Labute approximate surface area is 116 Å². The van der Waals surface area contributed by atoms with Crippen molar-refractivity contribution in [2.45, 2.75) is 0 Å². The lowest BCUT2D eigenvalue weighted by Crippen LogP contribution is -1.70. The molecule has 5 heteroatoms. The van der Waals surface area contributed by atoms with E-state index in [0.29, 0.717) is 5.02 Å². The lowest BCUT2D eigenvalue weighted by molar-refractivity contribution is 0.608. The van der Waals surface area contributed by atoms with E-state index in [4.69, 9.17) is 27.6 Å². The summed E-state index contributed by atoms with van der Waals surface area (Å²) < 4.78 is 7.83. The average molecular weight is 294 g/mol. The van der Waals surface area contributed by atoms with Gasteiger partial charge in [-0.25, -0.2) is 0 Å². The van der Waals surface area contributed by atoms with Gasteiger partial charge >= 0.3 is 0 Å². The molecule has 2 aromatic carbocycles. The van der Waals surface area contributed by atoms with Gasteiger partial charge in [-0.15, -0.1) is 11.3 Å². The smallest absolute Gasteiger partial charge is 0.293 e. The van der Waals surface area contributed by atoms with E-state index in [0.717, 1.165) is 26.6 Å². The quantitative estimate of drug-likeness (QED) is 0.428. The molecule has 0 spiro atoms. The minimum Gasteiger partial charge on any atom is -0.427 e. The molecule has 0 unspecified atom stereocenters. The van der Waals surface area contributed by atoms with Gasteiger partial charge in [0.25, 0.3) is 5.35 Å². The number of aromatic nitrogens is 1. The number of fused-ring (bicyclic) bond motifs is 5. The summed E-state index contributed by atoms with van der Waals surface area (Å²) in [5.74, 6) is 0. The molecule has 4 rings (SSSR count). The van der Waals surface area contributed by atoms with Crippen molar-refractivity contribution in [3.63, 3.8) is 0 Å². The molecular weight excluding hydrogens is 289 g/mol. The maximum Gasteiger partial charge on any atom is 0.293 e. The van der Waals surface area contributed by atoms with Crippen molar-refractivity contribution in [2.24, 2.45) is 0 Å². The molecule has 88 valence electrons. The Hall–Kier alpha value is -1.29. The van der Waals surface area contributed by atoms with Crippen molar-refractivity contribution < 1.29 is 4.42 Å². The number of nitrogens with zero attached hydrogens (tertiary/aromatic N) is 1. The van der Waals surface area contributed by atoms with E-state index in [1.807, 2.05) is 30.3 Å². The molecule has 0 aliphatic carbocycles. The molecule has 0 aliphatic rings. The van der Waals surface area contributed by atoms with Crippen LogP contribution in [0, 0.1) is 0 Å². The number of rotatable bonds is 0. The SMILES string of the molecule is Clc1ccc2sc3ccc4nc(Cl)oc4c3c2c1. The first kappa shape index (κ1) is 10.6. The van der Waals surface area contributed by atoms with Crippen LogP contribution in [-0.4, -0.2) is 4.98 Å². The fourth-order valence-corrected chi connectivity index (χ4v) is 3.62. The molecule has 4 aromatic rings. The third kappa shape index (κ3) is 1.38. The minimum absolute atomic E-state index is 0.166. The van der Waals surface area contributed by atoms with Crippen LogP contribution in [0.25, 0.3) is 31.3 Å². The van der Waals surface area contributed by atoms with Gasteiger partial charge in [0.05, 0.1) is 0 Å². The lowest BCUT2D eigenvalue weighted by Gasteiger charge is -1.93. The van der Waals surface area contributed by atoms with E-state index >= 15 is 0 Å². The Morgan fingerprint density at radius 3 is 2.78 bits per heavy atom. The summed E-state index contributed by atoms with van der Waals surface area (Å²) in [6, 6.07) is 9.82. The Kier molecular flexibility index (Phi) is 2.13. The van der Waals surface area contributed by atoms with Crippen molar-refractivity contribution in [1.82, 2.24) is 4.98 Å². The first-order chi connectivity index (χ1) is 8.72. The molecule has 0 bridgehead atoms. The monoisotopic (exact) mass is 293 g/mol. The van der Waals surface area contributed by atoms with Crippen LogP contribution in [0.15, 0.2) is 34.7 Å². The van der Waals surface area contributed by atoms with Gasteiger partial charge < -0.3 is 4.42 Å². The number of hydrogen-bond donors (Lipinski definition) is 0. The molecule has 0 fully saturated rings. The molecule has 0 saturated carbocycles. The summed E-state index contributed by atoms with van der Waals surface area (Å²) in [6.07, 6.45) is 0. The summed E-state index contributed by atoms with van der Waals surface area (Å²) in [5, 5.41) is 3.00. The van der Waals surface area contributed by atoms with Gasteiger partial charge in [0.15, 0.2) is 5.58 Å². The molecule has 0 aliphatic heterocycles. The molecule has 18 heavy (non-hydrogen) atoms. The van der Waals surface area contributed by atoms with E-state index in [-0.39, 0.29) is 5.35 Å². The van der Waals surface area contributed by atoms with Gasteiger partial charge in [-0.1, -0.05) is 11.6 Å². The number of hydrogen-bond acceptors (Lipinski definition) is 3. The summed E-state index contributed by atoms with van der Waals surface area (Å²) in [7, 11) is 0. The normalized spacial score (nSPS) is 11.9. The first-order valence-corrected chi connectivity index (χ1v) is 6.86. The van der Waals surface area contributed by atoms with Crippen molar-refractivity contribution in [1.29, 1.82) is 0 Å². The highest BCUT2D eigenvalue weighted by Crippen LogP contribution is 2.39. The predicted octanol–water partition coefficient (Wildman–Crippen LogP) is 5.50. The second kappa shape index (κ2) is 3.60. The fraction of sp³-hybridized carbons (Fsp3) is 0. The lowest BCUT2D eigenvalue weighted by atomic mass is 10.1. The molecule has 0 atom stereocenters. The summed E-state index contributed by atoms with van der Waals surface area (Å²) >= 11 is 13.6. The van der Waals surface area contributed by atoms with Crippen molar-refractivity contribution >= 4 is 65.8 Å². The first-order valence-electron chi connectivity index (χ1n) is 5.29. The third-order valence-corrected chi connectivity index (χ3v) is 4.46. The number of oxazole rings is 1. The van der Waals surface area contributed by atoms with E-state index in [1.54, 1.807) is 11.3 Å². The average Bonchev–Trinajstić information content (AvgIpc) is 2.87. The summed E-state index contributed by atoms with van der Waals surface area (Å²) in [4.78, 5) is 4.14. The van der Waals surface area contributed by atoms with Crippen LogP contribution in [-0.2, 0) is 0 Å². The Bertz CT molecular complexity index is 909. The second-order valence-corrected chi connectivity index (χ2v) is 5.84. The standard InChI is InChI=1S/C13H5Cl2NOS/c14-6-1-3-9-7(5-6)11-10(18-9)4-2-8-12(11)17-13(15)16-8/h1-5H. The number of halogens is 2. The van der Waals surface area contributed by atoms with E-state index in [2.05, 4.69) is 4.98 Å². The molecule has 0 N–H and O–H groups in total. The zero-order valence-corrected chi connectivity index (χ0v) is 11.2. The largest absolute Gasteiger partial charge is 0.427 e. The van der Waals surface area contributed by atoms with Gasteiger partial charge in [-0.2, -0.15) is 4.98 Å².